The average molecular weight is 185 g/mol. The summed E-state index contributed by atoms with van der Waals surface area (Å²) in [4.78, 5) is 22.5. The van der Waals surface area contributed by atoms with Gasteiger partial charge in [0.25, 0.3) is 0 Å². The van der Waals surface area contributed by atoms with Crippen molar-refractivity contribution in [3.05, 3.63) is 0 Å². The van der Waals surface area contributed by atoms with Gasteiger partial charge < -0.3 is 16.8 Å². The fraction of sp³-hybridized carbons (Fsp3) is 0.750. The van der Waals surface area contributed by atoms with Crippen LogP contribution in [-0.4, -0.2) is 30.3 Å². The highest BCUT2D eigenvalue weighted by Crippen LogP contribution is 2.15. The highest BCUT2D eigenvalue weighted by atomic mass is 16.2. The Kier molecular flexibility index (Phi) is 2.68. The molecule has 0 saturated carbocycles. The molecule has 13 heavy (non-hydrogen) atoms. The van der Waals surface area contributed by atoms with E-state index in [4.69, 9.17) is 11.5 Å². The Bertz CT molecular complexity index is 232. The molecule has 5 nitrogen and oxygen atoms in total. The second kappa shape index (κ2) is 3.43. The Labute approximate surface area is 76.8 Å². The third kappa shape index (κ3) is 1.87. The molecule has 1 saturated heterocycles. The second-order valence-electron chi connectivity index (χ2n) is 3.62. The Balaban J connectivity index is 2.70. The van der Waals surface area contributed by atoms with Crippen LogP contribution in [0.2, 0.25) is 0 Å². The molecule has 0 aromatic carbocycles. The number of primary amides is 1. The van der Waals surface area contributed by atoms with Crippen LogP contribution in [0.1, 0.15) is 13.3 Å². The summed E-state index contributed by atoms with van der Waals surface area (Å²) in [5, 5.41) is 3.04. The van der Waals surface area contributed by atoms with Crippen molar-refractivity contribution in [1.82, 2.24) is 5.32 Å². The van der Waals surface area contributed by atoms with E-state index < -0.39 is 11.4 Å². The van der Waals surface area contributed by atoms with Gasteiger partial charge in [-0.15, -0.1) is 0 Å². The van der Waals surface area contributed by atoms with Crippen LogP contribution in [-0.2, 0) is 9.59 Å². The zero-order valence-electron chi connectivity index (χ0n) is 7.67. The number of amides is 1. The van der Waals surface area contributed by atoms with Crippen LogP contribution in [0.3, 0.4) is 0 Å². The molecule has 0 radical (unpaired) electrons. The number of hydrogen-bond donors (Lipinski definition) is 3. The first-order valence-corrected chi connectivity index (χ1v) is 4.30. The maximum Gasteiger partial charge on any atom is 0.244 e. The number of nitrogens with two attached hydrogens (primary N) is 2. The Morgan fingerprint density at radius 2 is 2.15 bits per heavy atom. The third-order valence-corrected chi connectivity index (χ3v) is 2.45. The van der Waals surface area contributed by atoms with Gasteiger partial charge in [0.15, 0.2) is 11.3 Å². The summed E-state index contributed by atoms with van der Waals surface area (Å²) in [6.07, 6.45) is 0.735. The van der Waals surface area contributed by atoms with E-state index in [1.807, 2.05) is 0 Å². The normalized spacial score (nSPS) is 26.8. The monoisotopic (exact) mass is 185 g/mol. The molecule has 0 aliphatic carbocycles. The molecule has 1 heterocycles. The molecule has 0 aromatic heterocycles. The maximum atomic E-state index is 11.6. The molecule has 0 unspecified atom stereocenters. The number of carbonyl (C=O) groups is 2. The quantitative estimate of drug-likeness (QED) is 0.460. The van der Waals surface area contributed by atoms with Crippen LogP contribution in [0, 0.1) is 5.92 Å². The average Bonchev–Trinajstić information content (AvgIpc) is 2.54. The molecule has 1 aliphatic rings. The smallest absolute Gasteiger partial charge is 0.244 e. The summed E-state index contributed by atoms with van der Waals surface area (Å²) in [5.41, 5.74) is 9.05. The molecule has 0 bridgehead atoms. The molecule has 1 aliphatic heterocycles. The second-order valence-corrected chi connectivity index (χ2v) is 3.62. The van der Waals surface area contributed by atoms with Gasteiger partial charge in [0.2, 0.25) is 5.91 Å². The molecule has 1 fully saturated rings. The van der Waals surface area contributed by atoms with Gasteiger partial charge >= 0.3 is 0 Å². The van der Waals surface area contributed by atoms with Gasteiger partial charge in [0.1, 0.15) is 0 Å². The first-order chi connectivity index (χ1) is 5.96. The molecule has 0 spiro atoms. The topological polar surface area (TPSA) is 98.2 Å². The van der Waals surface area contributed by atoms with E-state index in [9.17, 15) is 9.59 Å². The van der Waals surface area contributed by atoms with Gasteiger partial charge in [0, 0.05) is 12.5 Å². The Morgan fingerprint density at radius 3 is 2.54 bits per heavy atom. The number of ketones is 1. The summed E-state index contributed by atoms with van der Waals surface area (Å²) in [7, 11) is 0. The minimum absolute atomic E-state index is 0.164. The van der Waals surface area contributed by atoms with E-state index in [0.29, 0.717) is 6.54 Å². The number of Topliss-reactive ketones (excluding diaryl/α,β-unsaturated/α-hetero) is 1. The number of nitrogens with one attached hydrogen (secondary N) is 1. The minimum atomic E-state index is -1.52. The minimum Gasteiger partial charge on any atom is -0.368 e. The number of rotatable bonds is 3. The molecule has 5 N–H and O–H groups in total. The van der Waals surface area contributed by atoms with Crippen molar-refractivity contribution < 1.29 is 9.59 Å². The predicted octanol–water partition coefficient (Wildman–Crippen LogP) is -1.63. The first kappa shape index (κ1) is 10.1. The molecule has 1 amide bonds. The zero-order valence-corrected chi connectivity index (χ0v) is 7.67. The molecule has 0 aromatic rings. The van der Waals surface area contributed by atoms with Crippen molar-refractivity contribution in [2.45, 2.75) is 18.9 Å². The van der Waals surface area contributed by atoms with Gasteiger partial charge in [-0.05, 0) is 19.9 Å². The van der Waals surface area contributed by atoms with Crippen LogP contribution in [0.25, 0.3) is 0 Å². The van der Waals surface area contributed by atoms with Crippen molar-refractivity contribution in [3.63, 3.8) is 0 Å². The summed E-state index contributed by atoms with van der Waals surface area (Å²) in [6, 6.07) is 0. The lowest BCUT2D eigenvalue weighted by Gasteiger charge is -2.21. The van der Waals surface area contributed by atoms with Crippen LogP contribution in [0.5, 0.6) is 0 Å². The van der Waals surface area contributed by atoms with Crippen molar-refractivity contribution in [2.75, 3.05) is 13.1 Å². The van der Waals surface area contributed by atoms with E-state index >= 15 is 0 Å². The van der Waals surface area contributed by atoms with Crippen LogP contribution in [0.4, 0.5) is 0 Å². The van der Waals surface area contributed by atoms with Crippen molar-refractivity contribution in [1.29, 1.82) is 0 Å². The van der Waals surface area contributed by atoms with Crippen molar-refractivity contribution in [3.8, 4) is 0 Å². The Morgan fingerprint density at radius 1 is 1.54 bits per heavy atom. The highest BCUT2D eigenvalue weighted by molar-refractivity contribution is 6.10. The van der Waals surface area contributed by atoms with E-state index in [-0.39, 0.29) is 11.7 Å². The van der Waals surface area contributed by atoms with Crippen LogP contribution < -0.4 is 16.8 Å². The van der Waals surface area contributed by atoms with Gasteiger partial charge in [-0.2, -0.15) is 0 Å². The summed E-state index contributed by atoms with van der Waals surface area (Å²) in [5.74, 6) is -1.18. The standard InChI is InChI=1S/C8H15N3O2/c1-8(10,7(9)13)6(12)5-2-3-11-4-5/h5,11H,2-4,10H2,1H3,(H2,9,13)/t5-,8-/m1/s1. The third-order valence-electron chi connectivity index (χ3n) is 2.45. The molecular weight excluding hydrogens is 170 g/mol. The van der Waals surface area contributed by atoms with E-state index in [2.05, 4.69) is 5.32 Å². The molecule has 5 heteroatoms. The molecule has 1 rings (SSSR count). The van der Waals surface area contributed by atoms with E-state index in [1.165, 1.54) is 6.92 Å². The predicted molar refractivity (Wildman–Crippen MR) is 47.8 cm³/mol. The van der Waals surface area contributed by atoms with Gasteiger partial charge in [-0.3, -0.25) is 9.59 Å². The maximum absolute atomic E-state index is 11.6. The van der Waals surface area contributed by atoms with E-state index in [1.54, 1.807) is 0 Å². The fourth-order valence-corrected chi connectivity index (χ4v) is 1.42. The summed E-state index contributed by atoms with van der Waals surface area (Å²) < 4.78 is 0. The zero-order chi connectivity index (χ0) is 10.1. The Hall–Kier alpha value is -0.940. The van der Waals surface area contributed by atoms with Gasteiger partial charge in [-0.25, -0.2) is 0 Å². The molecule has 2 atom stereocenters. The SMILES string of the molecule is C[C@](N)(C(N)=O)C(=O)[C@@H]1CCNC1. The lowest BCUT2D eigenvalue weighted by Crippen LogP contribution is -2.57. The first-order valence-electron chi connectivity index (χ1n) is 4.30. The summed E-state index contributed by atoms with van der Waals surface area (Å²) >= 11 is 0. The lowest BCUT2D eigenvalue weighted by atomic mass is 9.87. The molecular formula is C8H15N3O2. The van der Waals surface area contributed by atoms with Crippen LogP contribution >= 0.6 is 0 Å². The van der Waals surface area contributed by atoms with Crippen molar-refractivity contribution >= 4 is 11.7 Å². The largest absolute Gasteiger partial charge is 0.368 e. The van der Waals surface area contributed by atoms with E-state index in [0.717, 1.165) is 13.0 Å². The van der Waals surface area contributed by atoms with Gasteiger partial charge in [0.05, 0.1) is 0 Å². The molecule has 74 valence electrons. The number of carbonyl (C=O) groups excluding carboxylic acids is 2. The fourth-order valence-electron chi connectivity index (χ4n) is 1.42. The number of hydrogen-bond acceptors (Lipinski definition) is 4. The van der Waals surface area contributed by atoms with Gasteiger partial charge in [-0.1, -0.05) is 0 Å². The lowest BCUT2D eigenvalue weighted by molar-refractivity contribution is -0.135. The summed E-state index contributed by atoms with van der Waals surface area (Å²) in [6.45, 7) is 2.76. The van der Waals surface area contributed by atoms with Crippen LogP contribution in [0.15, 0.2) is 0 Å². The highest BCUT2D eigenvalue weighted by Gasteiger charge is 2.39. The van der Waals surface area contributed by atoms with Crippen molar-refractivity contribution in [2.24, 2.45) is 17.4 Å².